The zero-order valence-electron chi connectivity index (χ0n) is 31.7. The minimum absolute atomic E-state index is 0.863. The summed E-state index contributed by atoms with van der Waals surface area (Å²) in [6.07, 6.45) is 0. The van der Waals surface area contributed by atoms with E-state index in [1.165, 1.54) is 43.8 Å². The number of para-hydroxylation sites is 1. The van der Waals surface area contributed by atoms with Gasteiger partial charge in [0.25, 0.3) is 0 Å². The number of nitrogens with zero attached hydrogens (tertiary/aromatic N) is 1. The molecule has 0 N–H and O–H groups in total. The lowest BCUT2D eigenvalue weighted by Gasteiger charge is -2.28. The quantitative estimate of drug-likeness (QED) is 0.162. The molecule has 0 bridgehead atoms. The first-order valence-electron chi connectivity index (χ1n) is 19.8. The molecule has 0 spiro atoms. The van der Waals surface area contributed by atoms with E-state index >= 15 is 0 Å². The number of hydrogen-bond acceptors (Lipinski definition) is 2. The van der Waals surface area contributed by atoms with E-state index < -0.39 is 0 Å². The maximum Gasteiger partial charge on any atom is 0.145 e. The van der Waals surface area contributed by atoms with Gasteiger partial charge in [-0.05, 0) is 109 Å². The summed E-state index contributed by atoms with van der Waals surface area (Å²) in [7, 11) is 0. The zero-order chi connectivity index (χ0) is 38.4. The first-order chi connectivity index (χ1) is 28.8. The highest BCUT2D eigenvalue weighted by Crippen LogP contribution is 2.48. The van der Waals surface area contributed by atoms with Crippen LogP contribution in [0.4, 0.5) is 17.1 Å². The number of rotatable bonds is 7. The maximum atomic E-state index is 6.91. The topological polar surface area (TPSA) is 16.4 Å². The average molecular weight is 740 g/mol. The third-order valence-corrected chi connectivity index (χ3v) is 11.4. The van der Waals surface area contributed by atoms with Crippen molar-refractivity contribution >= 4 is 60.5 Å². The van der Waals surface area contributed by atoms with Crippen molar-refractivity contribution in [1.82, 2.24) is 0 Å². The maximum absolute atomic E-state index is 6.91. The molecule has 0 radical (unpaired) electrons. The highest BCUT2D eigenvalue weighted by molar-refractivity contribution is 6.18. The summed E-state index contributed by atoms with van der Waals surface area (Å²) in [5, 5.41) is 7.01. The van der Waals surface area contributed by atoms with Crippen LogP contribution in [0.3, 0.4) is 0 Å². The number of benzene rings is 10. The van der Waals surface area contributed by atoms with Gasteiger partial charge < -0.3 is 9.32 Å². The number of furan rings is 1. The smallest absolute Gasteiger partial charge is 0.145 e. The van der Waals surface area contributed by atoms with Gasteiger partial charge in [0.05, 0.1) is 11.1 Å². The molecule has 0 fully saturated rings. The summed E-state index contributed by atoms with van der Waals surface area (Å²) in [5.74, 6) is 0. The second kappa shape index (κ2) is 14.1. The van der Waals surface area contributed by atoms with Crippen LogP contribution >= 0.6 is 0 Å². The summed E-state index contributed by atoms with van der Waals surface area (Å²) < 4.78 is 6.91. The lowest BCUT2D eigenvalue weighted by molar-refractivity contribution is 0.670. The fourth-order valence-electron chi connectivity index (χ4n) is 8.71. The van der Waals surface area contributed by atoms with Gasteiger partial charge in [0.15, 0.2) is 0 Å². The van der Waals surface area contributed by atoms with Crippen molar-refractivity contribution in [2.24, 2.45) is 0 Å². The molecule has 10 aromatic carbocycles. The van der Waals surface area contributed by atoms with E-state index in [0.717, 1.165) is 61.3 Å². The summed E-state index contributed by atoms with van der Waals surface area (Å²) in [6, 6.07) is 80.6. The van der Waals surface area contributed by atoms with Crippen LogP contribution in [0.25, 0.3) is 88.0 Å². The number of hydrogen-bond donors (Lipinski definition) is 0. The normalized spacial score (nSPS) is 11.4. The fraction of sp³-hybridized carbons (Fsp3) is 0. The molecule has 0 saturated carbocycles. The third-order valence-electron chi connectivity index (χ3n) is 11.4. The molecule has 11 aromatic rings. The van der Waals surface area contributed by atoms with Gasteiger partial charge in [0, 0.05) is 22.3 Å². The molecule has 0 aliphatic heterocycles. The Labute approximate surface area is 337 Å². The van der Waals surface area contributed by atoms with Crippen LogP contribution in [0.2, 0.25) is 0 Å². The number of fused-ring (bicyclic) bond motifs is 5. The molecule has 0 amide bonds. The summed E-state index contributed by atoms with van der Waals surface area (Å²) >= 11 is 0. The van der Waals surface area contributed by atoms with Crippen molar-refractivity contribution < 1.29 is 4.42 Å². The Kier molecular flexibility index (Phi) is 8.19. The van der Waals surface area contributed by atoms with Crippen molar-refractivity contribution in [2.75, 3.05) is 4.90 Å². The summed E-state index contributed by atoms with van der Waals surface area (Å²) in [4.78, 5) is 2.41. The predicted octanol–water partition coefficient (Wildman–Crippen LogP) is 16.0. The van der Waals surface area contributed by atoms with E-state index in [-0.39, 0.29) is 0 Å². The van der Waals surface area contributed by atoms with Gasteiger partial charge in [0.2, 0.25) is 0 Å². The summed E-state index contributed by atoms with van der Waals surface area (Å²) in [5.41, 5.74) is 14.2. The molecule has 0 saturated heterocycles. The molecule has 1 heterocycles. The zero-order valence-corrected chi connectivity index (χ0v) is 31.7. The fourth-order valence-corrected chi connectivity index (χ4v) is 8.71. The molecule has 2 nitrogen and oxygen atoms in total. The Balaban J connectivity index is 1.16. The van der Waals surface area contributed by atoms with Crippen LogP contribution in [0.1, 0.15) is 0 Å². The van der Waals surface area contributed by atoms with Crippen molar-refractivity contribution in [3.63, 3.8) is 0 Å². The van der Waals surface area contributed by atoms with E-state index in [9.17, 15) is 0 Å². The second-order valence-corrected chi connectivity index (χ2v) is 14.9. The largest absolute Gasteiger partial charge is 0.455 e. The molecule has 0 unspecified atom stereocenters. The monoisotopic (exact) mass is 739 g/mol. The van der Waals surface area contributed by atoms with Gasteiger partial charge >= 0.3 is 0 Å². The van der Waals surface area contributed by atoms with E-state index in [4.69, 9.17) is 4.42 Å². The van der Waals surface area contributed by atoms with Crippen LogP contribution in [0, 0.1) is 0 Å². The molecule has 2 heteroatoms. The molecule has 0 atom stereocenters. The SMILES string of the molecule is c1ccc(-c2ccccc2-c2cccc(N(c3cccc(-c4ccc5ccccc5c4)c3)c3ccc(-c4cccc5ccccc45)c4oc5ccccc5c34)c2)cc1. The lowest BCUT2D eigenvalue weighted by atomic mass is 9.93. The Bertz CT molecular complexity index is 3300. The van der Waals surface area contributed by atoms with Crippen LogP contribution in [-0.2, 0) is 0 Å². The van der Waals surface area contributed by atoms with Gasteiger partial charge in [-0.25, -0.2) is 0 Å². The highest BCUT2D eigenvalue weighted by atomic mass is 16.3. The van der Waals surface area contributed by atoms with Gasteiger partial charge in [0.1, 0.15) is 11.2 Å². The van der Waals surface area contributed by atoms with Gasteiger partial charge in [-0.15, -0.1) is 0 Å². The van der Waals surface area contributed by atoms with Crippen LogP contribution in [0.5, 0.6) is 0 Å². The molecule has 1 aromatic heterocycles. The van der Waals surface area contributed by atoms with Gasteiger partial charge in [-0.1, -0.05) is 176 Å². The Morgan fingerprint density at radius 1 is 0.310 bits per heavy atom. The third kappa shape index (κ3) is 5.82. The predicted molar refractivity (Wildman–Crippen MR) is 245 cm³/mol. The van der Waals surface area contributed by atoms with E-state index in [1.807, 2.05) is 0 Å². The average Bonchev–Trinajstić information content (AvgIpc) is 3.70. The molecule has 58 heavy (non-hydrogen) atoms. The minimum Gasteiger partial charge on any atom is -0.455 e. The van der Waals surface area contributed by atoms with Gasteiger partial charge in [-0.2, -0.15) is 0 Å². The molecule has 0 aliphatic carbocycles. The molecule has 0 aliphatic rings. The van der Waals surface area contributed by atoms with Crippen molar-refractivity contribution in [3.8, 4) is 44.5 Å². The van der Waals surface area contributed by atoms with E-state index in [0.29, 0.717) is 0 Å². The Morgan fingerprint density at radius 3 is 1.71 bits per heavy atom. The molecule has 11 rings (SSSR count). The van der Waals surface area contributed by atoms with Crippen molar-refractivity contribution in [1.29, 1.82) is 0 Å². The van der Waals surface area contributed by atoms with Gasteiger partial charge in [-0.3, -0.25) is 0 Å². The molecular weight excluding hydrogens is 703 g/mol. The van der Waals surface area contributed by atoms with Crippen LogP contribution in [-0.4, -0.2) is 0 Å². The van der Waals surface area contributed by atoms with Crippen molar-refractivity contribution in [2.45, 2.75) is 0 Å². The molecular formula is C56H37NO. The van der Waals surface area contributed by atoms with Crippen molar-refractivity contribution in [3.05, 3.63) is 224 Å². The number of anilines is 3. The van der Waals surface area contributed by atoms with E-state index in [2.05, 4.69) is 229 Å². The van der Waals surface area contributed by atoms with Crippen LogP contribution in [0.15, 0.2) is 229 Å². The van der Waals surface area contributed by atoms with E-state index in [1.54, 1.807) is 0 Å². The summed E-state index contributed by atoms with van der Waals surface area (Å²) in [6.45, 7) is 0. The second-order valence-electron chi connectivity index (χ2n) is 14.9. The standard InChI is InChI=1S/C56H37NO/c1-2-16-39(17-3-1)47-25-8-9-27-49(47)44-22-13-24-46(37-44)57(45-23-12-21-42(36-45)43-32-31-38-15-4-5-19-41(38)35-43)53-34-33-51(50-29-14-20-40-18-6-7-26-48(40)50)56-55(53)52-28-10-11-30-54(52)58-56/h1-37H. The first kappa shape index (κ1) is 33.6. The molecule has 272 valence electrons. The highest BCUT2D eigenvalue weighted by Gasteiger charge is 2.23. The van der Waals surface area contributed by atoms with Crippen LogP contribution < -0.4 is 4.90 Å². The first-order valence-corrected chi connectivity index (χ1v) is 19.8. The Morgan fingerprint density at radius 2 is 0.879 bits per heavy atom. The Hall–Kier alpha value is -7.68. The minimum atomic E-state index is 0.863. The lowest BCUT2D eigenvalue weighted by Crippen LogP contribution is -2.11.